The minimum atomic E-state index is -0.699. The quantitative estimate of drug-likeness (QED) is 0.342. The van der Waals surface area contributed by atoms with E-state index in [0.29, 0.717) is 47.6 Å². The molecule has 0 N–H and O–H groups in total. The molecule has 0 bridgehead atoms. The van der Waals surface area contributed by atoms with Gasteiger partial charge in [0.25, 0.3) is 5.91 Å². The summed E-state index contributed by atoms with van der Waals surface area (Å²) in [4.78, 5) is 52.9. The zero-order chi connectivity index (χ0) is 36.1. The van der Waals surface area contributed by atoms with Crippen LogP contribution in [0.25, 0.3) is 0 Å². The summed E-state index contributed by atoms with van der Waals surface area (Å²) >= 11 is 0. The number of benzene rings is 2. The summed E-state index contributed by atoms with van der Waals surface area (Å²) in [5.41, 5.74) is 2.99. The number of amides is 3. The van der Waals surface area contributed by atoms with Crippen LogP contribution in [0.2, 0.25) is 0 Å². The molecule has 6 rings (SSSR count). The highest BCUT2D eigenvalue weighted by Crippen LogP contribution is 2.40. The van der Waals surface area contributed by atoms with E-state index in [2.05, 4.69) is 6.07 Å². The number of carbonyl (C=O) groups excluding carboxylic acids is 3. The largest absolute Gasteiger partial charge is 0.444 e. The minimum Gasteiger partial charge on any atom is -0.444 e. The molecule has 50 heavy (non-hydrogen) atoms. The average molecular weight is 685 g/mol. The SMILES string of the molecule is C[C@@H]1CN(CC(=O)N2CC(C)(C)c3ncc(Cc4ccc(F)cc4F)cc32)[C@@H](CN2Cc3ccc(C#N)cc3C2=O)CN1C(=O)OC(C)(C)C. The molecule has 12 heteroatoms. The summed E-state index contributed by atoms with van der Waals surface area (Å²) in [7, 11) is 0. The number of hydrogen-bond donors (Lipinski definition) is 0. The molecule has 1 aromatic heterocycles. The van der Waals surface area contributed by atoms with E-state index in [4.69, 9.17) is 9.72 Å². The van der Waals surface area contributed by atoms with E-state index < -0.39 is 34.8 Å². The van der Waals surface area contributed by atoms with Crippen LogP contribution in [0, 0.1) is 23.0 Å². The predicted octanol–water partition coefficient (Wildman–Crippen LogP) is 5.41. The lowest BCUT2D eigenvalue weighted by Crippen LogP contribution is -2.63. The molecule has 2 aromatic carbocycles. The van der Waals surface area contributed by atoms with Crippen LogP contribution >= 0.6 is 0 Å². The molecule has 4 heterocycles. The zero-order valence-corrected chi connectivity index (χ0v) is 29.3. The summed E-state index contributed by atoms with van der Waals surface area (Å²) in [5.74, 6) is -1.66. The molecule has 2 atom stereocenters. The van der Waals surface area contributed by atoms with Crippen LogP contribution in [0.1, 0.15) is 79.8 Å². The normalized spacial score (nSPS) is 20.1. The standard InChI is InChI=1S/C38H42F2N6O4/c1-23-17-43(21-33(47)46-22-38(5,6)34-32(46)13-25(16-42-34)11-26-9-10-28(39)14-31(26)40)29(20-45(23)36(49)50-37(2,3)4)19-44-18-27-8-7-24(15-41)12-30(27)35(44)48/h7-10,12-14,16,23,29H,11,17-22H2,1-6H3/t23-,29+/m1/s1. The zero-order valence-electron chi connectivity index (χ0n) is 29.3. The van der Waals surface area contributed by atoms with Crippen LogP contribution < -0.4 is 4.90 Å². The Hall–Kier alpha value is -4.89. The number of piperazine rings is 1. The number of hydrogen-bond acceptors (Lipinski definition) is 7. The maximum absolute atomic E-state index is 14.5. The second-order valence-electron chi connectivity index (χ2n) is 15.2. The van der Waals surface area contributed by atoms with Crippen LogP contribution in [-0.2, 0) is 27.9 Å². The van der Waals surface area contributed by atoms with E-state index in [1.165, 1.54) is 12.1 Å². The number of pyridine rings is 1. The average Bonchev–Trinajstić information content (AvgIpc) is 3.49. The van der Waals surface area contributed by atoms with Crippen LogP contribution in [0.4, 0.5) is 19.3 Å². The topological polar surface area (TPSA) is 110 Å². The Morgan fingerprint density at radius 3 is 2.56 bits per heavy atom. The van der Waals surface area contributed by atoms with Crippen molar-refractivity contribution in [2.24, 2.45) is 0 Å². The lowest BCUT2D eigenvalue weighted by atomic mass is 9.91. The van der Waals surface area contributed by atoms with Gasteiger partial charge in [0, 0.05) is 74.5 Å². The highest BCUT2D eigenvalue weighted by atomic mass is 19.1. The molecule has 0 unspecified atom stereocenters. The van der Waals surface area contributed by atoms with Gasteiger partial charge in [0.15, 0.2) is 0 Å². The fourth-order valence-electron chi connectivity index (χ4n) is 7.12. The van der Waals surface area contributed by atoms with E-state index in [1.807, 2.05) is 52.5 Å². The Kier molecular flexibility index (Phi) is 9.16. The van der Waals surface area contributed by atoms with E-state index in [9.17, 15) is 28.4 Å². The van der Waals surface area contributed by atoms with Gasteiger partial charge in [-0.05, 0) is 68.7 Å². The van der Waals surface area contributed by atoms with Gasteiger partial charge in [-0.1, -0.05) is 26.0 Å². The molecule has 0 aliphatic carbocycles. The van der Waals surface area contributed by atoms with Gasteiger partial charge in [-0.2, -0.15) is 5.26 Å². The molecule has 0 radical (unpaired) electrons. The van der Waals surface area contributed by atoms with Gasteiger partial charge in [-0.15, -0.1) is 0 Å². The number of anilines is 1. The third-order valence-electron chi connectivity index (χ3n) is 9.59. The molecule has 262 valence electrons. The Bertz CT molecular complexity index is 1900. The van der Waals surface area contributed by atoms with Crippen molar-refractivity contribution in [1.29, 1.82) is 5.26 Å². The van der Waals surface area contributed by atoms with Gasteiger partial charge < -0.3 is 19.4 Å². The van der Waals surface area contributed by atoms with Crippen LogP contribution in [0.3, 0.4) is 0 Å². The second-order valence-corrected chi connectivity index (χ2v) is 15.2. The molecule has 0 spiro atoms. The smallest absolute Gasteiger partial charge is 0.410 e. The number of rotatable bonds is 6. The number of halogens is 2. The summed E-state index contributed by atoms with van der Waals surface area (Å²) in [6.45, 7) is 13.0. The second kappa shape index (κ2) is 13.1. The highest BCUT2D eigenvalue weighted by Gasteiger charge is 2.43. The number of nitrogens with zero attached hydrogens (tertiary/aromatic N) is 6. The Morgan fingerprint density at radius 2 is 1.86 bits per heavy atom. The maximum atomic E-state index is 14.5. The first-order valence-corrected chi connectivity index (χ1v) is 16.8. The van der Waals surface area contributed by atoms with Crippen molar-refractivity contribution in [3.8, 4) is 6.07 Å². The molecular formula is C38H42F2N6O4. The van der Waals surface area contributed by atoms with Gasteiger partial charge in [-0.25, -0.2) is 13.6 Å². The fraction of sp³-hybridized carbons (Fsp3) is 0.447. The van der Waals surface area contributed by atoms with Crippen molar-refractivity contribution in [2.45, 2.75) is 77.6 Å². The molecular weight excluding hydrogens is 642 g/mol. The van der Waals surface area contributed by atoms with Crippen molar-refractivity contribution in [3.05, 3.63) is 93.8 Å². The van der Waals surface area contributed by atoms with Crippen LogP contribution in [0.15, 0.2) is 48.7 Å². The number of ether oxygens (including phenoxy) is 1. The number of carbonyl (C=O) groups is 3. The van der Waals surface area contributed by atoms with E-state index in [1.54, 1.807) is 39.1 Å². The molecule has 3 aliphatic heterocycles. The summed E-state index contributed by atoms with van der Waals surface area (Å²) in [6, 6.07) is 11.9. The van der Waals surface area contributed by atoms with Crippen molar-refractivity contribution in [1.82, 2.24) is 19.7 Å². The number of fused-ring (bicyclic) bond motifs is 2. The highest BCUT2D eigenvalue weighted by molar-refractivity contribution is 5.99. The van der Waals surface area contributed by atoms with Crippen molar-refractivity contribution < 1.29 is 27.9 Å². The van der Waals surface area contributed by atoms with Gasteiger partial charge in [0.05, 0.1) is 29.6 Å². The van der Waals surface area contributed by atoms with E-state index in [-0.39, 0.29) is 43.9 Å². The lowest BCUT2D eigenvalue weighted by molar-refractivity contribution is -0.121. The lowest BCUT2D eigenvalue weighted by Gasteiger charge is -2.46. The number of aromatic nitrogens is 1. The molecule has 1 saturated heterocycles. The van der Waals surface area contributed by atoms with E-state index >= 15 is 0 Å². The molecule has 10 nitrogen and oxygen atoms in total. The molecule has 3 aromatic rings. The van der Waals surface area contributed by atoms with E-state index in [0.717, 1.165) is 17.3 Å². The maximum Gasteiger partial charge on any atom is 0.410 e. The first-order valence-electron chi connectivity index (χ1n) is 16.8. The first-order chi connectivity index (χ1) is 23.5. The van der Waals surface area contributed by atoms with Crippen molar-refractivity contribution in [3.63, 3.8) is 0 Å². The third kappa shape index (κ3) is 7.05. The van der Waals surface area contributed by atoms with Crippen molar-refractivity contribution >= 4 is 23.6 Å². The van der Waals surface area contributed by atoms with Crippen LogP contribution in [0.5, 0.6) is 0 Å². The molecule has 3 aliphatic rings. The van der Waals surface area contributed by atoms with Gasteiger partial charge in [0.1, 0.15) is 17.2 Å². The molecule has 3 amide bonds. The monoisotopic (exact) mass is 684 g/mol. The fourth-order valence-corrected chi connectivity index (χ4v) is 7.12. The Labute approximate surface area is 291 Å². The Balaban J connectivity index is 1.25. The van der Waals surface area contributed by atoms with Gasteiger partial charge in [0.2, 0.25) is 5.91 Å². The van der Waals surface area contributed by atoms with Crippen molar-refractivity contribution in [2.75, 3.05) is 37.6 Å². The molecule has 0 saturated carbocycles. The minimum absolute atomic E-state index is 0.0249. The third-order valence-corrected chi connectivity index (χ3v) is 9.59. The summed E-state index contributed by atoms with van der Waals surface area (Å²) in [5, 5.41) is 9.37. The first kappa shape index (κ1) is 35.0. The number of nitriles is 1. The summed E-state index contributed by atoms with van der Waals surface area (Å²) < 4.78 is 33.8. The molecule has 1 fully saturated rings. The summed E-state index contributed by atoms with van der Waals surface area (Å²) in [6.07, 6.45) is 1.40. The predicted molar refractivity (Wildman–Crippen MR) is 182 cm³/mol. The van der Waals surface area contributed by atoms with Gasteiger partial charge in [-0.3, -0.25) is 19.5 Å². The van der Waals surface area contributed by atoms with Gasteiger partial charge >= 0.3 is 6.09 Å². The van der Waals surface area contributed by atoms with Crippen LogP contribution in [-0.4, -0.2) is 88.0 Å². The Morgan fingerprint density at radius 1 is 1.10 bits per heavy atom.